The van der Waals surface area contributed by atoms with Gasteiger partial charge in [0.05, 0.1) is 6.21 Å². The molecule has 158 valence electrons. The van der Waals surface area contributed by atoms with E-state index in [4.69, 9.17) is 10.5 Å². The van der Waals surface area contributed by atoms with Crippen LogP contribution in [0.3, 0.4) is 0 Å². The van der Waals surface area contributed by atoms with E-state index in [1.165, 1.54) is 11.8 Å². The molecule has 6 nitrogen and oxygen atoms in total. The van der Waals surface area contributed by atoms with Crippen LogP contribution in [0, 0.1) is 6.92 Å². The number of nitrogens with two attached hydrogens (primary N) is 1. The Hall–Kier alpha value is -3.58. The fourth-order valence-electron chi connectivity index (χ4n) is 2.67. The summed E-state index contributed by atoms with van der Waals surface area (Å²) in [5.41, 5.74) is 9.55. The maximum Gasteiger partial charge on any atom is 0.262 e. The Morgan fingerprint density at radius 3 is 2.55 bits per heavy atom. The fourth-order valence-corrected chi connectivity index (χ4v) is 3.28. The quantitative estimate of drug-likeness (QED) is 0.309. The third-order valence-corrected chi connectivity index (χ3v) is 5.13. The minimum absolute atomic E-state index is 0.114. The fraction of sp³-hybridized carbons (Fsp3) is 0.125. The van der Waals surface area contributed by atoms with Gasteiger partial charge in [-0.3, -0.25) is 4.79 Å². The van der Waals surface area contributed by atoms with Crippen molar-refractivity contribution in [3.63, 3.8) is 0 Å². The number of hydrogen-bond acceptors (Lipinski definition) is 5. The first kappa shape index (κ1) is 22.1. The molecule has 0 spiro atoms. The van der Waals surface area contributed by atoms with Gasteiger partial charge in [0, 0.05) is 17.0 Å². The van der Waals surface area contributed by atoms with E-state index in [9.17, 15) is 4.79 Å². The molecule has 0 aliphatic heterocycles. The Bertz CT molecular complexity index is 1070. The lowest BCUT2D eigenvalue weighted by Gasteiger charge is -2.10. The zero-order valence-corrected chi connectivity index (χ0v) is 18.0. The Morgan fingerprint density at radius 1 is 1.03 bits per heavy atom. The zero-order chi connectivity index (χ0) is 21.9. The van der Waals surface area contributed by atoms with Crippen LogP contribution in [0.15, 0.2) is 89.1 Å². The van der Waals surface area contributed by atoms with Gasteiger partial charge in [-0.05, 0) is 36.2 Å². The highest BCUT2D eigenvalue weighted by molar-refractivity contribution is 8.13. The topological polar surface area (TPSA) is 89.1 Å². The molecule has 0 fully saturated rings. The number of hydrogen-bond donors (Lipinski definition) is 2. The minimum Gasteiger partial charge on any atom is -0.483 e. The van der Waals surface area contributed by atoms with E-state index >= 15 is 0 Å². The normalized spacial score (nSPS) is 11.5. The second kappa shape index (κ2) is 11.6. The summed E-state index contributed by atoms with van der Waals surface area (Å²) < 4.78 is 5.69. The van der Waals surface area contributed by atoms with Crippen molar-refractivity contribution < 1.29 is 9.53 Å². The van der Waals surface area contributed by atoms with Gasteiger partial charge in [-0.15, -0.1) is 5.10 Å². The molecule has 0 aliphatic rings. The molecule has 0 radical (unpaired) electrons. The van der Waals surface area contributed by atoms with Crippen molar-refractivity contribution in [2.45, 2.75) is 12.7 Å². The van der Waals surface area contributed by atoms with Crippen molar-refractivity contribution in [1.29, 1.82) is 0 Å². The molecule has 0 saturated carbocycles. The van der Waals surface area contributed by atoms with Crippen LogP contribution in [0.4, 0.5) is 5.69 Å². The second-order valence-corrected chi connectivity index (χ2v) is 7.64. The molecule has 0 unspecified atom stereocenters. The smallest absolute Gasteiger partial charge is 0.262 e. The highest BCUT2D eigenvalue weighted by Crippen LogP contribution is 2.17. The number of anilines is 1. The molecule has 3 aromatic carbocycles. The molecular weight excluding hydrogens is 408 g/mol. The van der Waals surface area contributed by atoms with Crippen LogP contribution >= 0.6 is 11.8 Å². The lowest BCUT2D eigenvalue weighted by atomic mass is 10.2. The number of amidine groups is 1. The van der Waals surface area contributed by atoms with E-state index in [2.05, 4.69) is 15.5 Å². The molecule has 7 heteroatoms. The van der Waals surface area contributed by atoms with E-state index in [0.29, 0.717) is 16.5 Å². The van der Waals surface area contributed by atoms with Crippen LogP contribution in [-0.2, 0) is 10.5 Å². The van der Waals surface area contributed by atoms with Gasteiger partial charge >= 0.3 is 0 Å². The van der Waals surface area contributed by atoms with Gasteiger partial charge < -0.3 is 15.8 Å². The number of nitrogens with one attached hydrogen (secondary N) is 1. The molecule has 0 heterocycles. The summed E-state index contributed by atoms with van der Waals surface area (Å²) in [6, 6.07) is 24.9. The largest absolute Gasteiger partial charge is 0.483 e. The first-order valence-electron chi connectivity index (χ1n) is 9.72. The molecule has 3 rings (SSSR count). The highest BCUT2D eigenvalue weighted by atomic mass is 32.2. The van der Waals surface area contributed by atoms with Crippen molar-refractivity contribution in [2.24, 2.45) is 15.9 Å². The average Bonchev–Trinajstić information content (AvgIpc) is 2.79. The Kier molecular flexibility index (Phi) is 8.25. The van der Waals surface area contributed by atoms with Gasteiger partial charge in [0.25, 0.3) is 5.91 Å². The van der Waals surface area contributed by atoms with E-state index < -0.39 is 0 Å². The summed E-state index contributed by atoms with van der Waals surface area (Å²) in [5.74, 6) is 1.03. The maximum absolute atomic E-state index is 12.2. The first-order valence-corrected chi connectivity index (χ1v) is 10.7. The lowest BCUT2D eigenvalue weighted by molar-refractivity contribution is -0.118. The summed E-state index contributed by atoms with van der Waals surface area (Å²) in [6.45, 7) is 1.82. The predicted octanol–water partition coefficient (Wildman–Crippen LogP) is 4.59. The number of carbonyl (C=O) groups excluding carboxylic acids is 1. The first-order chi connectivity index (χ1) is 15.1. The number of amides is 1. The van der Waals surface area contributed by atoms with E-state index in [-0.39, 0.29) is 12.5 Å². The summed E-state index contributed by atoms with van der Waals surface area (Å²) in [5, 5.41) is 11.3. The van der Waals surface area contributed by atoms with Gasteiger partial charge in [-0.1, -0.05) is 72.4 Å². The van der Waals surface area contributed by atoms with E-state index in [1.54, 1.807) is 12.3 Å². The van der Waals surface area contributed by atoms with Crippen molar-refractivity contribution in [3.8, 4) is 5.75 Å². The molecule has 0 saturated heterocycles. The summed E-state index contributed by atoms with van der Waals surface area (Å²) in [7, 11) is 0. The van der Waals surface area contributed by atoms with Gasteiger partial charge in [-0.2, -0.15) is 5.10 Å². The number of benzene rings is 3. The van der Waals surface area contributed by atoms with Crippen LogP contribution in [0.1, 0.15) is 16.7 Å². The van der Waals surface area contributed by atoms with Crippen LogP contribution in [-0.4, -0.2) is 23.9 Å². The van der Waals surface area contributed by atoms with Crippen LogP contribution in [0.5, 0.6) is 5.75 Å². The lowest BCUT2D eigenvalue weighted by Crippen LogP contribution is -2.21. The van der Waals surface area contributed by atoms with E-state index in [1.807, 2.05) is 79.7 Å². The Balaban J connectivity index is 1.54. The summed E-state index contributed by atoms with van der Waals surface area (Å²) >= 11 is 1.41. The van der Waals surface area contributed by atoms with Crippen molar-refractivity contribution in [2.75, 3.05) is 11.9 Å². The molecule has 0 aromatic heterocycles. The number of thioether (sulfide) groups is 1. The van der Waals surface area contributed by atoms with Crippen molar-refractivity contribution >= 4 is 34.7 Å². The molecule has 0 atom stereocenters. The van der Waals surface area contributed by atoms with Crippen molar-refractivity contribution in [1.82, 2.24) is 0 Å². The van der Waals surface area contributed by atoms with Crippen LogP contribution in [0.2, 0.25) is 0 Å². The van der Waals surface area contributed by atoms with Gasteiger partial charge in [0.15, 0.2) is 11.8 Å². The zero-order valence-electron chi connectivity index (χ0n) is 17.2. The maximum atomic E-state index is 12.2. The summed E-state index contributed by atoms with van der Waals surface area (Å²) in [6.07, 6.45) is 1.56. The Morgan fingerprint density at radius 2 is 1.74 bits per heavy atom. The molecule has 0 bridgehead atoms. The molecule has 3 N–H and O–H groups in total. The standard InChI is InChI=1S/C24H24N4O2S/c1-18-9-5-7-13-21(18)27-23(29)16-30-22-14-8-6-12-20(22)15-26-28-24(25)31-17-19-10-3-2-4-11-19/h2-15H,16-17H2,1H3,(H2,25,28)(H,27,29). The SMILES string of the molecule is Cc1ccccc1NC(=O)COc1ccccc1C=NN=C(N)SCc1ccccc1. The van der Waals surface area contributed by atoms with Gasteiger partial charge in [-0.25, -0.2) is 0 Å². The predicted molar refractivity (Wildman–Crippen MR) is 129 cm³/mol. The summed E-state index contributed by atoms with van der Waals surface area (Å²) in [4.78, 5) is 12.2. The highest BCUT2D eigenvalue weighted by Gasteiger charge is 2.07. The van der Waals surface area contributed by atoms with Crippen LogP contribution < -0.4 is 15.8 Å². The molecule has 31 heavy (non-hydrogen) atoms. The number of para-hydroxylation sites is 2. The Labute approximate surface area is 186 Å². The second-order valence-electron chi connectivity index (χ2n) is 6.65. The molecular formula is C24H24N4O2S. The molecule has 3 aromatic rings. The third kappa shape index (κ3) is 7.31. The third-order valence-electron chi connectivity index (χ3n) is 4.28. The molecule has 1 amide bonds. The van der Waals surface area contributed by atoms with Crippen molar-refractivity contribution in [3.05, 3.63) is 95.6 Å². The number of carbonyl (C=O) groups is 1. The van der Waals surface area contributed by atoms with Gasteiger partial charge in [0.1, 0.15) is 5.75 Å². The minimum atomic E-state index is -0.236. The average molecular weight is 433 g/mol. The molecule has 0 aliphatic carbocycles. The van der Waals surface area contributed by atoms with Crippen LogP contribution in [0.25, 0.3) is 0 Å². The number of nitrogens with zero attached hydrogens (tertiary/aromatic N) is 2. The van der Waals surface area contributed by atoms with E-state index in [0.717, 1.165) is 22.6 Å². The van der Waals surface area contributed by atoms with Gasteiger partial charge in [0.2, 0.25) is 0 Å². The number of aryl methyl sites for hydroxylation is 1. The number of rotatable bonds is 8. The number of ether oxygens (including phenoxy) is 1. The monoisotopic (exact) mass is 432 g/mol.